The fraction of sp³-hybridized carbons (Fsp3) is 1.00. The highest BCUT2D eigenvalue weighted by atomic mass is 33.1. The first-order valence-corrected chi connectivity index (χ1v) is 22.7. The molecule has 12 heteroatoms. The van der Waals surface area contributed by atoms with Crippen LogP contribution in [0.15, 0.2) is 0 Å². The minimum absolute atomic E-state index is 0.262. The number of hydrogen-bond acceptors (Lipinski definition) is 12. The van der Waals surface area contributed by atoms with Crippen molar-refractivity contribution in [2.24, 2.45) is 0 Å². The zero-order valence-electron chi connectivity index (χ0n) is 30.5. The van der Waals surface area contributed by atoms with Crippen LogP contribution in [0.25, 0.3) is 0 Å². The quantitative estimate of drug-likeness (QED) is 0.159. The molecule has 8 fully saturated rings. The van der Waals surface area contributed by atoms with E-state index in [4.69, 9.17) is 37.9 Å². The van der Waals surface area contributed by atoms with Crippen LogP contribution in [0.4, 0.5) is 0 Å². The summed E-state index contributed by atoms with van der Waals surface area (Å²) >= 11 is 0. The zero-order chi connectivity index (χ0) is 34.1. The highest BCUT2D eigenvalue weighted by Crippen LogP contribution is 2.67. The molecule has 0 spiro atoms. The van der Waals surface area contributed by atoms with Crippen molar-refractivity contribution in [2.75, 3.05) is 26.4 Å². The predicted molar refractivity (Wildman–Crippen MR) is 196 cm³/mol. The molecule has 0 unspecified atom stereocenters. The molecule has 8 aliphatic rings. The Morgan fingerprint density at radius 1 is 0.354 bits per heavy atom. The van der Waals surface area contributed by atoms with Crippen molar-refractivity contribution in [3.05, 3.63) is 0 Å². The maximum absolute atomic E-state index is 6.02. The lowest BCUT2D eigenvalue weighted by Gasteiger charge is -2.24. The number of ether oxygens (including phenoxy) is 8. The molecular formula is C36H60O8S4. The van der Waals surface area contributed by atoms with Crippen LogP contribution in [0.2, 0.25) is 0 Å². The lowest BCUT2D eigenvalue weighted by Crippen LogP contribution is -2.25. The lowest BCUT2D eigenvalue weighted by atomic mass is 10.2. The molecule has 0 N–H and O–H groups in total. The summed E-state index contributed by atoms with van der Waals surface area (Å²) in [7, 11) is 8.46. The van der Waals surface area contributed by atoms with Crippen molar-refractivity contribution in [1.29, 1.82) is 0 Å². The third kappa shape index (κ3) is 10.2. The van der Waals surface area contributed by atoms with E-state index in [1.54, 1.807) is 0 Å². The first kappa shape index (κ1) is 37.4. The molecular weight excluding hydrogens is 689 g/mol. The van der Waals surface area contributed by atoms with Gasteiger partial charge in [-0.05, 0) is 132 Å². The molecule has 0 amide bonds. The summed E-state index contributed by atoms with van der Waals surface area (Å²) in [4.78, 5) is 0. The predicted octanol–water partition coefficient (Wildman–Crippen LogP) is 9.03. The summed E-state index contributed by atoms with van der Waals surface area (Å²) in [5.41, 5.74) is 0. The highest BCUT2D eigenvalue weighted by Gasteiger charge is 2.55. The first-order valence-electron chi connectivity index (χ1n) is 18.4. The minimum Gasteiger partial charge on any atom is -0.348 e. The Hall–Kier alpha value is 1.08. The number of rotatable bonds is 14. The maximum Gasteiger partial charge on any atom is 0.163 e. The van der Waals surface area contributed by atoms with E-state index in [1.165, 1.54) is 51.4 Å². The van der Waals surface area contributed by atoms with Crippen LogP contribution in [-0.4, -0.2) is 93.0 Å². The standard InChI is InChI=1S/2C18H30O4S2/c2*1-15(2)19-11-13(21-15)9-17(5-6-17)23-24-18(7-8-18)10-14-12-20-16(3,4)22-14/h2*13-14H,5-12H2,1-4H3/t2*13-,14-/m10/s1. The number of hydrogen-bond donors (Lipinski definition) is 0. The molecule has 48 heavy (non-hydrogen) atoms. The summed E-state index contributed by atoms with van der Waals surface area (Å²) in [5, 5.41) is 0. The molecule has 276 valence electrons. The van der Waals surface area contributed by atoms with Gasteiger partial charge in [0.15, 0.2) is 23.1 Å². The topological polar surface area (TPSA) is 73.8 Å². The van der Waals surface area contributed by atoms with Crippen LogP contribution in [0.5, 0.6) is 0 Å². The molecule has 8 nitrogen and oxygen atoms in total. The average molecular weight is 749 g/mol. The van der Waals surface area contributed by atoms with E-state index < -0.39 is 23.1 Å². The van der Waals surface area contributed by atoms with Gasteiger partial charge in [0.25, 0.3) is 0 Å². The molecule has 0 aromatic heterocycles. The zero-order valence-corrected chi connectivity index (χ0v) is 33.8. The Balaban J connectivity index is 0.000000152. The van der Waals surface area contributed by atoms with Gasteiger partial charge in [-0.25, -0.2) is 0 Å². The van der Waals surface area contributed by atoms with Crippen LogP contribution in [0.3, 0.4) is 0 Å². The summed E-state index contributed by atoms with van der Waals surface area (Å²) in [6.07, 6.45) is 16.1. The summed E-state index contributed by atoms with van der Waals surface area (Å²) in [6, 6.07) is 0. The Morgan fingerprint density at radius 3 is 0.667 bits per heavy atom. The van der Waals surface area contributed by atoms with Crippen LogP contribution in [0, 0.1) is 0 Å². The van der Waals surface area contributed by atoms with Crippen LogP contribution < -0.4 is 0 Å². The first-order chi connectivity index (χ1) is 22.4. The van der Waals surface area contributed by atoms with Gasteiger partial charge in [0, 0.05) is 19.0 Å². The highest BCUT2D eigenvalue weighted by molar-refractivity contribution is 8.78. The van der Waals surface area contributed by atoms with E-state index in [-0.39, 0.29) is 24.4 Å². The van der Waals surface area contributed by atoms with E-state index in [9.17, 15) is 0 Å². The van der Waals surface area contributed by atoms with Crippen molar-refractivity contribution < 1.29 is 37.9 Å². The molecule has 4 atom stereocenters. The van der Waals surface area contributed by atoms with Gasteiger partial charge >= 0.3 is 0 Å². The van der Waals surface area contributed by atoms with Crippen LogP contribution in [-0.2, 0) is 37.9 Å². The molecule has 8 rings (SSSR count). The maximum atomic E-state index is 6.02. The molecule has 0 bridgehead atoms. The van der Waals surface area contributed by atoms with Gasteiger partial charge in [-0.1, -0.05) is 43.2 Å². The molecule has 4 saturated heterocycles. The monoisotopic (exact) mass is 748 g/mol. The fourth-order valence-corrected chi connectivity index (χ4v) is 15.0. The molecule has 4 aliphatic carbocycles. The van der Waals surface area contributed by atoms with Crippen LogP contribution >= 0.6 is 43.2 Å². The largest absolute Gasteiger partial charge is 0.348 e. The minimum atomic E-state index is -0.400. The van der Waals surface area contributed by atoms with E-state index in [0.717, 1.165) is 52.1 Å². The molecule has 0 aromatic rings. The second kappa shape index (κ2) is 13.4. The van der Waals surface area contributed by atoms with Gasteiger partial charge in [-0.15, -0.1) is 0 Å². The van der Waals surface area contributed by atoms with E-state index in [0.29, 0.717) is 19.0 Å². The van der Waals surface area contributed by atoms with Gasteiger partial charge < -0.3 is 37.9 Å². The van der Waals surface area contributed by atoms with E-state index in [1.807, 2.05) is 55.4 Å². The Labute approximate surface area is 305 Å². The SMILES string of the molecule is CC1(C)OC[C@@H](CC2(SSC3(C[C@@H]4COC(C)(C)O4)CC3)CC2)O1.CC1(C)OC[C@H](CC2(SSC3(C[C@H]4COC(C)(C)O4)CC3)CC2)O1. The smallest absolute Gasteiger partial charge is 0.163 e. The van der Waals surface area contributed by atoms with Crippen molar-refractivity contribution >= 4 is 43.2 Å². The van der Waals surface area contributed by atoms with Gasteiger partial charge in [0.05, 0.1) is 50.8 Å². The van der Waals surface area contributed by atoms with E-state index >= 15 is 0 Å². The van der Waals surface area contributed by atoms with Crippen molar-refractivity contribution in [2.45, 2.75) is 199 Å². The lowest BCUT2D eigenvalue weighted by molar-refractivity contribution is -0.139. The van der Waals surface area contributed by atoms with Gasteiger partial charge in [0.2, 0.25) is 0 Å². The third-order valence-electron chi connectivity index (χ3n) is 10.7. The van der Waals surface area contributed by atoms with Gasteiger partial charge in [-0.3, -0.25) is 0 Å². The fourth-order valence-electron chi connectivity index (χ4n) is 7.31. The second-order valence-corrected chi connectivity index (χ2v) is 23.8. The summed E-state index contributed by atoms with van der Waals surface area (Å²) < 4.78 is 48.7. The molecule has 0 aromatic carbocycles. The average Bonchev–Trinajstić information content (AvgIpc) is 3.90. The Kier molecular flexibility index (Phi) is 10.5. The second-order valence-electron chi connectivity index (χ2n) is 17.7. The Morgan fingerprint density at radius 2 is 0.542 bits per heavy atom. The Bertz CT molecular complexity index is 971. The van der Waals surface area contributed by atoms with Crippen LogP contribution in [0.1, 0.15) is 132 Å². The third-order valence-corrected chi connectivity index (χ3v) is 19.3. The van der Waals surface area contributed by atoms with E-state index in [2.05, 4.69) is 43.2 Å². The molecule has 4 aliphatic heterocycles. The van der Waals surface area contributed by atoms with Gasteiger partial charge in [-0.2, -0.15) is 0 Å². The van der Waals surface area contributed by atoms with Crippen molar-refractivity contribution in [3.8, 4) is 0 Å². The summed E-state index contributed by atoms with van der Waals surface area (Å²) in [6.45, 7) is 19.1. The summed E-state index contributed by atoms with van der Waals surface area (Å²) in [5.74, 6) is -1.60. The molecule has 0 radical (unpaired) electrons. The molecule has 4 saturated carbocycles. The van der Waals surface area contributed by atoms with Crippen molar-refractivity contribution in [3.63, 3.8) is 0 Å². The normalized spacial score (nSPS) is 37.5. The van der Waals surface area contributed by atoms with Crippen molar-refractivity contribution in [1.82, 2.24) is 0 Å². The molecule has 4 heterocycles. The van der Waals surface area contributed by atoms with Gasteiger partial charge in [0.1, 0.15) is 0 Å².